The van der Waals surface area contributed by atoms with E-state index in [1.165, 1.54) is 30.0 Å². The van der Waals surface area contributed by atoms with Crippen LogP contribution in [-0.4, -0.2) is 0 Å². The van der Waals surface area contributed by atoms with Crippen molar-refractivity contribution in [2.75, 3.05) is 0 Å². The SMILES string of the molecule is Fc1ccc(SCc2c(F)cccc2Cl)cc1F. The van der Waals surface area contributed by atoms with Crippen LogP contribution < -0.4 is 0 Å². The molecule has 0 aliphatic rings. The molecule has 2 aromatic carbocycles. The Morgan fingerprint density at radius 3 is 2.39 bits per heavy atom. The molecule has 0 unspecified atom stereocenters. The highest BCUT2D eigenvalue weighted by atomic mass is 35.5. The fraction of sp³-hybridized carbons (Fsp3) is 0.0769. The molecule has 2 aromatic rings. The largest absolute Gasteiger partial charge is 0.207 e. The summed E-state index contributed by atoms with van der Waals surface area (Å²) in [4.78, 5) is 0.521. The molecule has 0 fully saturated rings. The number of hydrogen-bond acceptors (Lipinski definition) is 1. The predicted octanol–water partition coefficient (Wildman–Crippen LogP) is 5.05. The van der Waals surface area contributed by atoms with Gasteiger partial charge in [-0.2, -0.15) is 0 Å². The first kappa shape index (κ1) is 13.3. The summed E-state index contributed by atoms with van der Waals surface area (Å²) in [6.07, 6.45) is 0. The van der Waals surface area contributed by atoms with Crippen LogP contribution in [0.4, 0.5) is 13.2 Å². The van der Waals surface area contributed by atoms with Gasteiger partial charge in [-0.05, 0) is 30.3 Å². The molecule has 0 amide bonds. The third-order valence-electron chi connectivity index (χ3n) is 2.34. The van der Waals surface area contributed by atoms with Gasteiger partial charge in [0.15, 0.2) is 11.6 Å². The molecule has 0 aromatic heterocycles. The molecule has 0 atom stereocenters. The van der Waals surface area contributed by atoms with Crippen molar-refractivity contribution in [3.8, 4) is 0 Å². The van der Waals surface area contributed by atoms with Gasteiger partial charge in [0.05, 0.1) is 0 Å². The first-order chi connectivity index (χ1) is 8.58. The maximum absolute atomic E-state index is 13.5. The van der Waals surface area contributed by atoms with Crippen LogP contribution in [0.25, 0.3) is 0 Å². The summed E-state index contributed by atoms with van der Waals surface area (Å²) in [5, 5.41) is 0.324. The molecule has 0 heterocycles. The zero-order chi connectivity index (χ0) is 13.1. The van der Waals surface area contributed by atoms with Gasteiger partial charge in [-0.1, -0.05) is 17.7 Å². The van der Waals surface area contributed by atoms with E-state index < -0.39 is 17.5 Å². The topological polar surface area (TPSA) is 0 Å². The van der Waals surface area contributed by atoms with E-state index in [0.717, 1.165) is 12.1 Å². The molecule has 94 valence electrons. The lowest BCUT2D eigenvalue weighted by atomic mass is 10.2. The molecule has 0 saturated heterocycles. The van der Waals surface area contributed by atoms with Crippen LogP contribution in [-0.2, 0) is 5.75 Å². The number of hydrogen-bond donors (Lipinski definition) is 0. The van der Waals surface area contributed by atoms with E-state index in [9.17, 15) is 13.2 Å². The number of benzene rings is 2. The Labute approximate surface area is 112 Å². The van der Waals surface area contributed by atoms with Gasteiger partial charge in [0.25, 0.3) is 0 Å². The van der Waals surface area contributed by atoms with Gasteiger partial charge in [-0.15, -0.1) is 11.8 Å². The van der Waals surface area contributed by atoms with Crippen LogP contribution in [0, 0.1) is 17.5 Å². The van der Waals surface area contributed by atoms with Gasteiger partial charge in [0, 0.05) is 21.2 Å². The second-order valence-corrected chi connectivity index (χ2v) is 5.02. The quantitative estimate of drug-likeness (QED) is 0.712. The van der Waals surface area contributed by atoms with E-state index in [2.05, 4.69) is 0 Å². The van der Waals surface area contributed by atoms with Crippen LogP contribution >= 0.6 is 23.4 Å². The van der Waals surface area contributed by atoms with Crippen molar-refractivity contribution in [1.29, 1.82) is 0 Å². The fourth-order valence-corrected chi connectivity index (χ4v) is 2.66. The summed E-state index contributed by atoms with van der Waals surface area (Å²) in [6.45, 7) is 0. The number of thioether (sulfide) groups is 1. The highest BCUT2D eigenvalue weighted by molar-refractivity contribution is 7.98. The molecule has 0 aliphatic carbocycles. The third-order valence-corrected chi connectivity index (χ3v) is 3.71. The first-order valence-electron chi connectivity index (χ1n) is 5.08. The van der Waals surface area contributed by atoms with E-state index in [1.54, 1.807) is 6.07 Å². The van der Waals surface area contributed by atoms with Crippen molar-refractivity contribution in [3.05, 3.63) is 64.4 Å². The summed E-state index contributed by atoms with van der Waals surface area (Å²) in [5.74, 6) is -1.96. The molecule has 0 saturated carbocycles. The van der Waals surface area contributed by atoms with Crippen molar-refractivity contribution in [2.24, 2.45) is 0 Å². The molecule has 0 nitrogen and oxygen atoms in total. The normalized spacial score (nSPS) is 10.7. The molecule has 0 bridgehead atoms. The average molecular weight is 289 g/mol. The Kier molecular flexibility index (Phi) is 4.19. The van der Waals surface area contributed by atoms with Gasteiger partial charge < -0.3 is 0 Å². The van der Waals surface area contributed by atoms with E-state index >= 15 is 0 Å². The number of rotatable bonds is 3. The molecule has 5 heteroatoms. The lowest BCUT2D eigenvalue weighted by Crippen LogP contribution is -1.89. The summed E-state index contributed by atoms with van der Waals surface area (Å²) in [7, 11) is 0. The third kappa shape index (κ3) is 3.00. The minimum atomic E-state index is -0.917. The van der Waals surface area contributed by atoms with Gasteiger partial charge in [0.2, 0.25) is 0 Å². The van der Waals surface area contributed by atoms with Crippen LogP contribution in [0.2, 0.25) is 5.02 Å². The summed E-state index contributed by atoms with van der Waals surface area (Å²) < 4.78 is 39.2. The van der Waals surface area contributed by atoms with Gasteiger partial charge >= 0.3 is 0 Å². The molecule has 0 aliphatic heterocycles. The van der Waals surface area contributed by atoms with Gasteiger partial charge in [-0.25, -0.2) is 13.2 Å². The first-order valence-corrected chi connectivity index (χ1v) is 6.45. The molecular weight excluding hydrogens is 281 g/mol. The molecular formula is C13H8ClF3S. The number of halogens is 4. The summed E-state index contributed by atoms with van der Waals surface area (Å²) in [5.41, 5.74) is 0.355. The van der Waals surface area contributed by atoms with Crippen LogP contribution in [0.15, 0.2) is 41.3 Å². The Morgan fingerprint density at radius 2 is 1.72 bits per heavy atom. The molecule has 0 N–H and O–H groups in total. The van der Waals surface area contributed by atoms with E-state index in [-0.39, 0.29) is 5.75 Å². The highest BCUT2D eigenvalue weighted by Crippen LogP contribution is 2.29. The molecule has 0 spiro atoms. The zero-order valence-corrected chi connectivity index (χ0v) is 10.7. The van der Waals surface area contributed by atoms with Crippen molar-refractivity contribution in [3.63, 3.8) is 0 Å². The lowest BCUT2D eigenvalue weighted by Gasteiger charge is -2.06. The lowest BCUT2D eigenvalue weighted by molar-refractivity contribution is 0.506. The molecule has 18 heavy (non-hydrogen) atoms. The van der Waals surface area contributed by atoms with Crippen LogP contribution in [0.3, 0.4) is 0 Å². The van der Waals surface area contributed by atoms with E-state index in [0.29, 0.717) is 15.5 Å². The van der Waals surface area contributed by atoms with Crippen molar-refractivity contribution >= 4 is 23.4 Å². The summed E-state index contributed by atoms with van der Waals surface area (Å²) in [6, 6.07) is 7.98. The minimum absolute atomic E-state index is 0.260. The van der Waals surface area contributed by atoms with Crippen LogP contribution in [0.1, 0.15) is 5.56 Å². The van der Waals surface area contributed by atoms with Crippen molar-refractivity contribution in [1.82, 2.24) is 0 Å². The maximum atomic E-state index is 13.5. The van der Waals surface area contributed by atoms with Gasteiger partial charge in [-0.3, -0.25) is 0 Å². The summed E-state index contributed by atoms with van der Waals surface area (Å²) >= 11 is 7.06. The maximum Gasteiger partial charge on any atom is 0.159 e. The Morgan fingerprint density at radius 1 is 0.944 bits per heavy atom. The van der Waals surface area contributed by atoms with E-state index in [1.807, 2.05) is 0 Å². The van der Waals surface area contributed by atoms with Crippen LogP contribution in [0.5, 0.6) is 0 Å². The fourth-order valence-electron chi connectivity index (χ4n) is 1.39. The van der Waals surface area contributed by atoms with Crippen molar-refractivity contribution in [2.45, 2.75) is 10.6 Å². The smallest absolute Gasteiger partial charge is 0.159 e. The van der Waals surface area contributed by atoms with Gasteiger partial charge in [0.1, 0.15) is 5.82 Å². The van der Waals surface area contributed by atoms with E-state index in [4.69, 9.17) is 11.6 Å². The molecule has 0 radical (unpaired) electrons. The second-order valence-electron chi connectivity index (χ2n) is 3.56. The average Bonchev–Trinajstić information content (AvgIpc) is 2.33. The Bertz CT molecular complexity index is 552. The monoisotopic (exact) mass is 288 g/mol. The second kappa shape index (κ2) is 5.67. The Hall–Kier alpha value is -1.13. The standard InChI is InChI=1S/C13H8ClF3S/c14-10-2-1-3-11(15)9(10)7-18-8-4-5-12(16)13(17)6-8/h1-6H,7H2. The highest BCUT2D eigenvalue weighted by Gasteiger charge is 2.08. The Balaban J connectivity index is 2.14. The zero-order valence-electron chi connectivity index (χ0n) is 9.09. The van der Waals surface area contributed by atoms with Crippen molar-refractivity contribution < 1.29 is 13.2 Å². The minimum Gasteiger partial charge on any atom is -0.207 e. The molecule has 2 rings (SSSR count). The predicted molar refractivity (Wildman–Crippen MR) is 67.3 cm³/mol.